The molecule has 0 fully saturated rings. The number of carbonyl (C=O) groups excluding carboxylic acids is 1. The van der Waals surface area contributed by atoms with Crippen molar-refractivity contribution in [3.05, 3.63) is 32.7 Å². The molecule has 21 heavy (non-hydrogen) atoms. The molecule has 0 bridgehead atoms. The number of nitrogens with zero attached hydrogens (tertiary/aromatic N) is 2. The lowest BCUT2D eigenvalue weighted by Crippen LogP contribution is -2.13. The van der Waals surface area contributed by atoms with Crippen LogP contribution in [0.2, 0.25) is 0 Å². The number of aromatic nitrogens is 2. The van der Waals surface area contributed by atoms with Gasteiger partial charge in [-0.15, -0.1) is 10.2 Å². The fraction of sp³-hybridized carbons (Fsp3) is 0.357. The van der Waals surface area contributed by atoms with Crippen LogP contribution >= 0.6 is 27.3 Å². The normalized spacial score (nSPS) is 10.5. The van der Waals surface area contributed by atoms with Gasteiger partial charge >= 0.3 is 0 Å². The quantitative estimate of drug-likeness (QED) is 0.836. The summed E-state index contributed by atoms with van der Waals surface area (Å²) in [5, 5.41) is 14.9. The number of rotatable bonds is 5. The van der Waals surface area contributed by atoms with E-state index in [1.54, 1.807) is 0 Å². The van der Waals surface area contributed by atoms with E-state index in [0.29, 0.717) is 10.1 Å². The van der Waals surface area contributed by atoms with Crippen molar-refractivity contribution in [3.63, 3.8) is 0 Å². The van der Waals surface area contributed by atoms with Crippen LogP contribution in [0.5, 0.6) is 0 Å². The molecule has 7 heteroatoms. The zero-order valence-electron chi connectivity index (χ0n) is 12.2. The molecule has 2 N–H and O–H groups in total. The number of hydrogen-bond acceptors (Lipinski definition) is 5. The first kappa shape index (κ1) is 15.9. The van der Waals surface area contributed by atoms with Gasteiger partial charge in [0.2, 0.25) is 10.1 Å². The molecule has 1 amide bonds. The number of carbonyl (C=O) groups is 1. The summed E-state index contributed by atoms with van der Waals surface area (Å²) in [6.45, 7) is 6.86. The zero-order valence-corrected chi connectivity index (χ0v) is 14.6. The predicted molar refractivity (Wildman–Crippen MR) is 90.3 cm³/mol. The van der Waals surface area contributed by atoms with Gasteiger partial charge in [0, 0.05) is 11.0 Å². The molecule has 1 aromatic heterocycles. The Bertz CT molecular complexity index is 633. The average Bonchev–Trinajstić information content (AvgIpc) is 2.89. The number of anilines is 2. The molecule has 0 spiro atoms. The van der Waals surface area contributed by atoms with Crippen LogP contribution in [0, 0.1) is 13.8 Å². The van der Waals surface area contributed by atoms with Crippen LogP contribution < -0.4 is 10.6 Å². The van der Waals surface area contributed by atoms with Crippen molar-refractivity contribution in [3.8, 4) is 0 Å². The molecule has 0 saturated carbocycles. The van der Waals surface area contributed by atoms with Gasteiger partial charge in [-0.05, 0) is 53.4 Å². The Hall–Kier alpha value is -1.47. The summed E-state index contributed by atoms with van der Waals surface area (Å²) in [6.07, 6.45) is 0.997. The molecule has 0 saturated heterocycles. The minimum Gasteiger partial charge on any atom is -0.360 e. The third-order valence-electron chi connectivity index (χ3n) is 2.82. The van der Waals surface area contributed by atoms with Crippen molar-refractivity contribution in [1.82, 2.24) is 10.2 Å². The monoisotopic (exact) mass is 368 g/mol. The van der Waals surface area contributed by atoms with Crippen molar-refractivity contribution in [1.29, 1.82) is 0 Å². The second-order valence-electron chi connectivity index (χ2n) is 4.73. The largest absolute Gasteiger partial charge is 0.360 e. The van der Waals surface area contributed by atoms with E-state index < -0.39 is 0 Å². The summed E-state index contributed by atoms with van der Waals surface area (Å²) in [6, 6.07) is 3.99. The highest BCUT2D eigenvalue weighted by molar-refractivity contribution is 9.10. The molecule has 0 atom stereocenters. The van der Waals surface area contributed by atoms with E-state index in [4.69, 9.17) is 0 Å². The third-order valence-corrected chi connectivity index (χ3v) is 4.32. The van der Waals surface area contributed by atoms with Gasteiger partial charge in [-0.25, -0.2) is 0 Å². The maximum atomic E-state index is 12.2. The number of benzene rings is 1. The molecule has 1 aromatic carbocycles. The Morgan fingerprint density at radius 1 is 1.33 bits per heavy atom. The molecule has 0 aliphatic heterocycles. The molecule has 1 heterocycles. The van der Waals surface area contributed by atoms with Crippen LogP contribution in [-0.2, 0) is 0 Å². The molecule has 5 nitrogen and oxygen atoms in total. The molecule has 0 unspecified atom stereocenters. The van der Waals surface area contributed by atoms with E-state index >= 15 is 0 Å². The first-order valence-corrected chi connectivity index (χ1v) is 8.27. The summed E-state index contributed by atoms with van der Waals surface area (Å²) in [5.74, 6) is -0.246. The van der Waals surface area contributed by atoms with E-state index in [-0.39, 0.29) is 5.91 Å². The maximum Gasteiger partial charge on any atom is 0.286 e. The Morgan fingerprint density at radius 2 is 2.10 bits per heavy atom. The lowest BCUT2D eigenvalue weighted by Gasteiger charge is -2.10. The molecule has 0 aliphatic carbocycles. The Morgan fingerprint density at radius 3 is 2.76 bits per heavy atom. The van der Waals surface area contributed by atoms with Gasteiger partial charge in [0.05, 0.1) is 5.69 Å². The summed E-state index contributed by atoms with van der Waals surface area (Å²) in [5.41, 5.74) is 2.91. The second kappa shape index (κ2) is 7.00. The molecular weight excluding hydrogens is 352 g/mol. The summed E-state index contributed by atoms with van der Waals surface area (Å²) >= 11 is 4.73. The number of aryl methyl sites for hydroxylation is 2. The van der Waals surface area contributed by atoms with Crippen molar-refractivity contribution >= 4 is 44.0 Å². The van der Waals surface area contributed by atoms with E-state index in [0.717, 1.165) is 34.3 Å². The average molecular weight is 369 g/mol. The SMILES string of the molecule is CCCNc1nnc(C(=O)Nc2c(C)cc(C)cc2Br)s1. The van der Waals surface area contributed by atoms with Crippen LogP contribution in [0.15, 0.2) is 16.6 Å². The fourth-order valence-corrected chi connectivity index (χ4v) is 3.30. The fourth-order valence-electron chi connectivity index (χ4n) is 1.86. The van der Waals surface area contributed by atoms with Crippen LogP contribution in [0.25, 0.3) is 0 Å². The lowest BCUT2D eigenvalue weighted by atomic mass is 10.1. The number of nitrogens with one attached hydrogen (secondary N) is 2. The van der Waals surface area contributed by atoms with Crippen LogP contribution in [0.3, 0.4) is 0 Å². The van der Waals surface area contributed by atoms with E-state index in [2.05, 4.69) is 43.7 Å². The maximum absolute atomic E-state index is 12.2. The molecule has 2 aromatic rings. The molecule has 0 radical (unpaired) electrons. The molecule has 2 rings (SSSR count). The van der Waals surface area contributed by atoms with Crippen LogP contribution in [0.4, 0.5) is 10.8 Å². The second-order valence-corrected chi connectivity index (χ2v) is 6.56. The molecule has 112 valence electrons. The van der Waals surface area contributed by atoms with Gasteiger partial charge in [-0.2, -0.15) is 0 Å². The van der Waals surface area contributed by atoms with E-state index in [1.807, 2.05) is 26.0 Å². The van der Waals surface area contributed by atoms with Crippen molar-refractivity contribution in [2.24, 2.45) is 0 Å². The Labute approximate surface area is 136 Å². The van der Waals surface area contributed by atoms with Gasteiger partial charge in [-0.3, -0.25) is 4.79 Å². The van der Waals surface area contributed by atoms with Crippen molar-refractivity contribution < 1.29 is 4.79 Å². The Balaban J connectivity index is 2.13. The Kier molecular flexibility index (Phi) is 5.30. The highest BCUT2D eigenvalue weighted by Gasteiger charge is 2.15. The summed E-state index contributed by atoms with van der Waals surface area (Å²) in [7, 11) is 0. The lowest BCUT2D eigenvalue weighted by molar-refractivity contribution is 0.102. The number of amides is 1. The van der Waals surface area contributed by atoms with E-state index in [1.165, 1.54) is 11.3 Å². The standard InChI is InChI=1S/C14H17BrN4OS/c1-4-5-16-14-19-18-13(21-14)12(20)17-11-9(3)6-8(2)7-10(11)15/h6-7H,4-5H2,1-3H3,(H,16,19)(H,17,20). The first-order valence-electron chi connectivity index (χ1n) is 6.66. The minimum atomic E-state index is -0.246. The minimum absolute atomic E-state index is 0.246. The van der Waals surface area contributed by atoms with Crippen molar-refractivity contribution in [2.45, 2.75) is 27.2 Å². The zero-order chi connectivity index (χ0) is 15.4. The van der Waals surface area contributed by atoms with Crippen molar-refractivity contribution in [2.75, 3.05) is 17.2 Å². The van der Waals surface area contributed by atoms with Crippen LogP contribution in [0.1, 0.15) is 34.3 Å². The molecule has 0 aliphatic rings. The van der Waals surface area contributed by atoms with Gasteiger partial charge in [-0.1, -0.05) is 24.3 Å². The highest BCUT2D eigenvalue weighted by Crippen LogP contribution is 2.28. The number of halogens is 1. The van der Waals surface area contributed by atoms with Crippen LogP contribution in [-0.4, -0.2) is 22.6 Å². The smallest absolute Gasteiger partial charge is 0.286 e. The highest BCUT2D eigenvalue weighted by atomic mass is 79.9. The molecular formula is C14H17BrN4OS. The summed E-state index contributed by atoms with van der Waals surface area (Å²) < 4.78 is 0.863. The first-order chi connectivity index (χ1) is 10.0. The van der Waals surface area contributed by atoms with Gasteiger partial charge in [0.15, 0.2) is 0 Å². The van der Waals surface area contributed by atoms with Gasteiger partial charge in [0.1, 0.15) is 0 Å². The summed E-state index contributed by atoms with van der Waals surface area (Å²) in [4.78, 5) is 12.2. The number of hydrogen-bond donors (Lipinski definition) is 2. The van der Waals surface area contributed by atoms with Gasteiger partial charge in [0.25, 0.3) is 5.91 Å². The topological polar surface area (TPSA) is 66.9 Å². The third kappa shape index (κ3) is 4.01. The predicted octanol–water partition coefficient (Wildman–Crippen LogP) is 3.99. The van der Waals surface area contributed by atoms with E-state index in [9.17, 15) is 4.79 Å². The van der Waals surface area contributed by atoms with Gasteiger partial charge < -0.3 is 10.6 Å².